The molecule has 0 aromatic heterocycles. The van der Waals surface area contributed by atoms with Gasteiger partial charge in [-0.05, 0) is 37.1 Å². The molecule has 0 radical (unpaired) electrons. The molecule has 0 N–H and O–H groups in total. The lowest BCUT2D eigenvalue weighted by Gasteiger charge is -2.08. The van der Waals surface area contributed by atoms with Crippen molar-refractivity contribution >= 4 is 37.6 Å². The Morgan fingerprint density at radius 3 is 2.80 bits per heavy atom. The summed E-state index contributed by atoms with van der Waals surface area (Å²) in [6.45, 7) is 1.53. The second-order valence-corrected chi connectivity index (χ2v) is 5.22. The minimum atomic E-state index is -0.223. The quantitative estimate of drug-likeness (QED) is 0.798. The predicted molar refractivity (Wildman–Crippen MR) is 66.0 cm³/mol. The number of nitriles is 1. The average Bonchev–Trinajstić information content (AvgIpc) is 2.18. The number of hydrogen-bond acceptors (Lipinski definition) is 2. The molecule has 1 aromatic rings. The summed E-state index contributed by atoms with van der Waals surface area (Å²) in [5, 5.41) is 8.90. The Morgan fingerprint density at radius 1 is 1.60 bits per heavy atom. The van der Waals surface area contributed by atoms with Gasteiger partial charge in [-0.2, -0.15) is 5.26 Å². The molecule has 15 heavy (non-hydrogen) atoms. The van der Waals surface area contributed by atoms with Crippen LogP contribution in [0.1, 0.15) is 18.1 Å². The van der Waals surface area contributed by atoms with Gasteiger partial charge in [-0.3, -0.25) is 4.79 Å². The molecule has 0 saturated carbocycles. The standard InChI is InChI=1S/C11H9Br2NO/c1-7(15)11(13)5-9-4-10(12)3-2-8(9)6-14/h2-4,11H,5H2,1H3. The Labute approximate surface area is 106 Å². The maximum Gasteiger partial charge on any atom is 0.143 e. The van der Waals surface area contributed by atoms with Gasteiger partial charge in [0.15, 0.2) is 0 Å². The van der Waals surface area contributed by atoms with Gasteiger partial charge in [0.25, 0.3) is 0 Å². The topological polar surface area (TPSA) is 40.9 Å². The molecule has 1 rings (SSSR count). The molecule has 1 atom stereocenters. The number of carbonyl (C=O) groups is 1. The van der Waals surface area contributed by atoms with E-state index in [0.29, 0.717) is 12.0 Å². The van der Waals surface area contributed by atoms with Crippen molar-refractivity contribution in [3.05, 3.63) is 33.8 Å². The average molecular weight is 331 g/mol. The van der Waals surface area contributed by atoms with Crippen molar-refractivity contribution in [3.8, 4) is 6.07 Å². The molecule has 78 valence electrons. The minimum Gasteiger partial charge on any atom is -0.299 e. The third-order valence-electron chi connectivity index (χ3n) is 2.03. The summed E-state index contributed by atoms with van der Waals surface area (Å²) in [4.78, 5) is 10.9. The van der Waals surface area contributed by atoms with Gasteiger partial charge >= 0.3 is 0 Å². The largest absolute Gasteiger partial charge is 0.299 e. The molecule has 2 nitrogen and oxygen atoms in total. The summed E-state index contributed by atoms with van der Waals surface area (Å²) in [6.07, 6.45) is 0.539. The Balaban J connectivity index is 2.98. The number of halogens is 2. The number of nitrogens with zero attached hydrogens (tertiary/aromatic N) is 1. The highest BCUT2D eigenvalue weighted by Gasteiger charge is 2.13. The van der Waals surface area contributed by atoms with E-state index in [1.54, 1.807) is 6.07 Å². The Hall–Kier alpha value is -0.660. The van der Waals surface area contributed by atoms with Gasteiger partial charge in [0.2, 0.25) is 0 Å². The number of alkyl halides is 1. The fourth-order valence-electron chi connectivity index (χ4n) is 1.18. The van der Waals surface area contributed by atoms with Gasteiger partial charge < -0.3 is 0 Å². The first kappa shape index (κ1) is 12.4. The van der Waals surface area contributed by atoms with Crippen LogP contribution in [0.25, 0.3) is 0 Å². The monoisotopic (exact) mass is 329 g/mol. The summed E-state index contributed by atoms with van der Waals surface area (Å²) in [7, 11) is 0. The van der Waals surface area contributed by atoms with Crippen LogP contribution in [-0.2, 0) is 11.2 Å². The Morgan fingerprint density at radius 2 is 2.27 bits per heavy atom. The van der Waals surface area contributed by atoms with E-state index in [1.165, 1.54) is 6.92 Å². The fourth-order valence-corrected chi connectivity index (χ4v) is 1.93. The van der Waals surface area contributed by atoms with Crippen LogP contribution < -0.4 is 0 Å². The normalized spacial score (nSPS) is 11.9. The van der Waals surface area contributed by atoms with Crippen molar-refractivity contribution in [2.24, 2.45) is 0 Å². The Bertz CT molecular complexity index is 423. The van der Waals surface area contributed by atoms with Crippen LogP contribution in [0.2, 0.25) is 0 Å². The predicted octanol–water partition coefficient (Wildman–Crippen LogP) is 3.22. The number of Topliss-reactive ketones (excluding diaryl/α,β-unsaturated/α-hetero) is 1. The van der Waals surface area contributed by atoms with E-state index in [0.717, 1.165) is 10.0 Å². The van der Waals surface area contributed by atoms with Crippen LogP contribution in [-0.4, -0.2) is 10.6 Å². The van der Waals surface area contributed by atoms with Gasteiger partial charge in [-0.1, -0.05) is 31.9 Å². The first-order chi connectivity index (χ1) is 7.04. The summed E-state index contributed by atoms with van der Waals surface area (Å²) in [5.41, 5.74) is 1.49. The first-order valence-electron chi connectivity index (χ1n) is 4.37. The van der Waals surface area contributed by atoms with E-state index >= 15 is 0 Å². The zero-order valence-corrected chi connectivity index (χ0v) is 11.3. The number of hydrogen-bond donors (Lipinski definition) is 0. The van der Waals surface area contributed by atoms with Gasteiger partial charge in [0.1, 0.15) is 5.78 Å². The van der Waals surface area contributed by atoms with Crippen molar-refractivity contribution in [3.63, 3.8) is 0 Å². The van der Waals surface area contributed by atoms with E-state index in [4.69, 9.17) is 5.26 Å². The van der Waals surface area contributed by atoms with Crippen LogP contribution >= 0.6 is 31.9 Å². The molecule has 0 spiro atoms. The molecular weight excluding hydrogens is 322 g/mol. The van der Waals surface area contributed by atoms with Crippen LogP contribution in [0, 0.1) is 11.3 Å². The second kappa shape index (κ2) is 5.43. The summed E-state index contributed by atoms with van der Waals surface area (Å²) >= 11 is 6.64. The van der Waals surface area contributed by atoms with Crippen molar-refractivity contribution in [1.82, 2.24) is 0 Å². The molecule has 0 heterocycles. The third-order valence-corrected chi connectivity index (χ3v) is 3.49. The molecule has 0 bridgehead atoms. The summed E-state index contributed by atoms with van der Waals surface area (Å²) < 4.78 is 0.916. The minimum absolute atomic E-state index is 0.0684. The molecule has 0 saturated heterocycles. The number of benzene rings is 1. The maximum absolute atomic E-state index is 11.1. The lowest BCUT2D eigenvalue weighted by atomic mass is 10.0. The van der Waals surface area contributed by atoms with Crippen molar-refractivity contribution in [2.75, 3.05) is 0 Å². The fraction of sp³-hybridized carbons (Fsp3) is 0.273. The lowest BCUT2D eigenvalue weighted by Crippen LogP contribution is -2.13. The Kier molecular flexibility index (Phi) is 4.49. The molecule has 0 aliphatic carbocycles. The van der Waals surface area contributed by atoms with Crippen LogP contribution in [0.15, 0.2) is 22.7 Å². The summed E-state index contributed by atoms with van der Waals surface area (Å²) in [5.74, 6) is 0.0684. The van der Waals surface area contributed by atoms with E-state index < -0.39 is 0 Å². The SMILES string of the molecule is CC(=O)C(Br)Cc1cc(Br)ccc1C#N. The molecule has 0 amide bonds. The van der Waals surface area contributed by atoms with Gasteiger partial charge in [0, 0.05) is 4.47 Å². The molecule has 1 unspecified atom stereocenters. The lowest BCUT2D eigenvalue weighted by molar-refractivity contribution is -0.116. The smallest absolute Gasteiger partial charge is 0.143 e. The molecule has 4 heteroatoms. The van der Waals surface area contributed by atoms with E-state index in [-0.39, 0.29) is 10.6 Å². The van der Waals surface area contributed by atoms with Gasteiger partial charge in [0.05, 0.1) is 16.5 Å². The van der Waals surface area contributed by atoms with Gasteiger partial charge in [-0.15, -0.1) is 0 Å². The van der Waals surface area contributed by atoms with Crippen molar-refractivity contribution in [1.29, 1.82) is 5.26 Å². The molecular formula is C11H9Br2NO. The van der Waals surface area contributed by atoms with E-state index in [9.17, 15) is 4.79 Å². The van der Waals surface area contributed by atoms with Crippen LogP contribution in [0.4, 0.5) is 0 Å². The second-order valence-electron chi connectivity index (χ2n) is 3.20. The highest BCUT2D eigenvalue weighted by molar-refractivity contribution is 9.10. The highest BCUT2D eigenvalue weighted by Crippen LogP contribution is 2.20. The molecule has 0 fully saturated rings. The van der Waals surface area contributed by atoms with E-state index in [1.807, 2.05) is 12.1 Å². The van der Waals surface area contributed by atoms with Gasteiger partial charge in [-0.25, -0.2) is 0 Å². The third kappa shape index (κ3) is 3.44. The van der Waals surface area contributed by atoms with E-state index in [2.05, 4.69) is 37.9 Å². The van der Waals surface area contributed by atoms with Crippen molar-refractivity contribution in [2.45, 2.75) is 18.2 Å². The van der Waals surface area contributed by atoms with Crippen molar-refractivity contribution < 1.29 is 4.79 Å². The highest BCUT2D eigenvalue weighted by atomic mass is 79.9. The number of rotatable bonds is 3. The number of carbonyl (C=O) groups excluding carboxylic acids is 1. The maximum atomic E-state index is 11.1. The number of ketones is 1. The molecule has 0 aliphatic heterocycles. The zero-order chi connectivity index (χ0) is 11.4. The first-order valence-corrected chi connectivity index (χ1v) is 6.08. The molecule has 0 aliphatic rings. The van der Waals surface area contributed by atoms with Crippen LogP contribution in [0.3, 0.4) is 0 Å². The molecule has 1 aromatic carbocycles. The summed E-state index contributed by atoms with van der Waals surface area (Å²) in [6, 6.07) is 7.55. The zero-order valence-electron chi connectivity index (χ0n) is 8.13. The van der Waals surface area contributed by atoms with Crippen LogP contribution in [0.5, 0.6) is 0 Å².